The summed E-state index contributed by atoms with van der Waals surface area (Å²) in [6, 6.07) is 6.58. The molecule has 9 N–H and O–H groups in total. The Hall–Kier alpha value is -4.30. The van der Waals surface area contributed by atoms with Crippen LogP contribution in [0.5, 0.6) is 0 Å². The van der Waals surface area contributed by atoms with E-state index in [0.29, 0.717) is 23.4 Å². The standard InChI is InChI=1S/C44H56N2O19/c1-5-19-21(23(37(55)58-3)17-60-39(19)64-41-35(53)33(51)31(49)28(15-47)62-41)13-27-22(14-46-26-10-8-7-9-25(26)44(57)11-12-45(27)43(44)46)30-20(6-2)40(61-18-24(30)38(56)59-4)65-42-36(54)34(52)32(50)29(16-48)63-42/h5-10,14,17-21,27-36,39-43,47-54,57H,1-2,11-13,15-16H2,3-4H3/t19-,20-,21+,27+,28+,29-,30-,31+,32-,33-,34+,35+,36-,39+,40+,41-,42+,43-,44-/m1/s1. The van der Waals surface area contributed by atoms with Crippen LogP contribution in [0.15, 0.2) is 85.0 Å². The third kappa shape index (κ3) is 7.89. The summed E-state index contributed by atoms with van der Waals surface area (Å²) in [4.78, 5) is 31.5. The van der Waals surface area contributed by atoms with Crippen molar-refractivity contribution in [3.8, 4) is 0 Å². The molecule has 7 heterocycles. The Balaban J connectivity index is 1.22. The number of esters is 2. The van der Waals surface area contributed by atoms with Crippen LogP contribution in [-0.2, 0) is 53.1 Å². The molecule has 1 aromatic rings. The van der Waals surface area contributed by atoms with E-state index >= 15 is 0 Å². The molecule has 7 aliphatic rings. The van der Waals surface area contributed by atoms with Crippen molar-refractivity contribution in [2.45, 2.75) is 105 Å². The van der Waals surface area contributed by atoms with Crippen LogP contribution >= 0.6 is 0 Å². The molecule has 0 spiro atoms. The fraction of sp³-hybridized carbons (Fsp3) is 0.591. The highest BCUT2D eigenvalue weighted by Gasteiger charge is 2.62. The highest BCUT2D eigenvalue weighted by molar-refractivity contribution is 5.90. The van der Waals surface area contributed by atoms with E-state index < -0.39 is 141 Å². The first-order chi connectivity index (χ1) is 31.2. The van der Waals surface area contributed by atoms with Gasteiger partial charge in [-0.1, -0.05) is 30.4 Å². The van der Waals surface area contributed by atoms with Gasteiger partial charge < -0.3 is 88.8 Å². The van der Waals surface area contributed by atoms with Crippen molar-refractivity contribution in [2.24, 2.45) is 23.7 Å². The number of hydrogen-bond acceptors (Lipinski definition) is 21. The van der Waals surface area contributed by atoms with Crippen molar-refractivity contribution in [1.82, 2.24) is 4.90 Å². The summed E-state index contributed by atoms with van der Waals surface area (Å²) in [6.45, 7) is 6.97. The van der Waals surface area contributed by atoms with E-state index in [9.17, 15) is 55.5 Å². The normalized spacial score (nSPS) is 42.3. The molecule has 7 aliphatic heterocycles. The number of hydrogen-bond donors (Lipinski definition) is 9. The molecule has 3 saturated heterocycles. The predicted octanol–water partition coefficient (Wildman–Crippen LogP) is -2.32. The van der Waals surface area contributed by atoms with Gasteiger partial charge in [0.05, 0.1) is 57.0 Å². The highest BCUT2D eigenvalue weighted by Crippen LogP contribution is 2.57. The zero-order valence-corrected chi connectivity index (χ0v) is 35.5. The molecule has 0 radical (unpaired) electrons. The largest absolute Gasteiger partial charge is 0.471 e. The predicted molar refractivity (Wildman–Crippen MR) is 218 cm³/mol. The topological polar surface area (TPSA) is 297 Å². The van der Waals surface area contributed by atoms with Crippen LogP contribution in [-0.4, -0.2) is 183 Å². The molecule has 0 amide bonds. The molecule has 1 aromatic carbocycles. The van der Waals surface area contributed by atoms with Crippen molar-refractivity contribution in [3.63, 3.8) is 0 Å². The molecule has 3 fully saturated rings. The average molecular weight is 917 g/mol. The monoisotopic (exact) mass is 916 g/mol. The zero-order valence-electron chi connectivity index (χ0n) is 35.5. The molecular weight excluding hydrogens is 860 g/mol. The molecule has 65 heavy (non-hydrogen) atoms. The summed E-state index contributed by atoms with van der Waals surface area (Å²) in [5.74, 6) is -5.41. The lowest BCUT2D eigenvalue weighted by atomic mass is 9.71. The van der Waals surface area contributed by atoms with Gasteiger partial charge in [0.2, 0.25) is 12.6 Å². The smallest absolute Gasteiger partial charge is 0.337 e. The van der Waals surface area contributed by atoms with Gasteiger partial charge in [-0.25, -0.2) is 9.59 Å². The summed E-state index contributed by atoms with van der Waals surface area (Å²) in [5.41, 5.74) is 0.586. The van der Waals surface area contributed by atoms with E-state index in [1.807, 2.05) is 35.4 Å². The molecule has 19 atom stereocenters. The van der Waals surface area contributed by atoms with E-state index in [1.54, 1.807) is 0 Å². The average Bonchev–Trinajstić information content (AvgIpc) is 3.80. The van der Waals surface area contributed by atoms with Crippen molar-refractivity contribution >= 4 is 17.6 Å². The maximum atomic E-state index is 13.9. The van der Waals surface area contributed by atoms with Gasteiger partial charge in [-0.15, -0.1) is 13.2 Å². The first kappa shape index (κ1) is 47.2. The number of anilines is 1. The lowest BCUT2D eigenvalue weighted by Gasteiger charge is -2.50. The second-order valence-corrected chi connectivity index (χ2v) is 17.1. The Bertz CT molecular complexity index is 2060. The van der Waals surface area contributed by atoms with Gasteiger partial charge in [0.25, 0.3) is 0 Å². The SMILES string of the molecule is C=C[C@H]1[C@H](O[C@@H]2O[C@H](CO)[C@@H](O)[C@H](O)[C@H]2O)OC=C(C(=O)OC)[C@H]1C1=CN2c3ccccc3[C@]3(O)CCN([C@H]1C[C@@H]1C(C(=O)OC)=CO[C@@H](O[C@H]4O[C@@H](CO)[C@H](O)[C@@H](O)[C@@H]4O)[C@@H]1C=C)[C@H]23. The quantitative estimate of drug-likeness (QED) is 0.0741. The number of carbonyl (C=O) groups is 2. The Morgan fingerprint density at radius 1 is 0.769 bits per heavy atom. The molecule has 0 saturated carbocycles. The summed E-state index contributed by atoms with van der Waals surface area (Å²) >= 11 is 0. The number of aliphatic hydroxyl groups is 9. The first-order valence-electron chi connectivity index (χ1n) is 21.3. The lowest BCUT2D eigenvalue weighted by molar-refractivity contribution is -0.339. The molecule has 21 heteroatoms. The molecule has 356 valence electrons. The van der Waals surface area contributed by atoms with Crippen LogP contribution in [0.1, 0.15) is 18.4 Å². The number of aliphatic hydroxyl groups excluding tert-OH is 8. The van der Waals surface area contributed by atoms with Crippen LogP contribution in [0.2, 0.25) is 0 Å². The fourth-order valence-electron chi connectivity index (χ4n) is 10.5. The van der Waals surface area contributed by atoms with Gasteiger partial charge in [-0.2, -0.15) is 0 Å². The molecule has 0 aliphatic carbocycles. The summed E-state index contributed by atoms with van der Waals surface area (Å²) in [7, 11) is 2.39. The molecule has 0 bridgehead atoms. The first-order valence-corrected chi connectivity index (χ1v) is 21.3. The van der Waals surface area contributed by atoms with E-state index in [-0.39, 0.29) is 24.0 Å². The number of nitrogens with zero attached hydrogens (tertiary/aromatic N) is 2. The molecule has 0 unspecified atom stereocenters. The minimum absolute atomic E-state index is 0.0162. The van der Waals surface area contributed by atoms with Crippen LogP contribution in [0, 0.1) is 23.7 Å². The van der Waals surface area contributed by atoms with E-state index in [2.05, 4.69) is 18.1 Å². The lowest BCUT2D eigenvalue weighted by Crippen LogP contribution is -2.61. The third-order valence-electron chi connectivity index (χ3n) is 13.8. The molecular formula is C44H56N2O19. The summed E-state index contributed by atoms with van der Waals surface area (Å²) in [5, 5.41) is 96.1. The van der Waals surface area contributed by atoms with Crippen molar-refractivity contribution in [2.75, 3.05) is 38.9 Å². The zero-order chi connectivity index (χ0) is 46.6. The van der Waals surface area contributed by atoms with Gasteiger partial charge >= 0.3 is 11.9 Å². The van der Waals surface area contributed by atoms with Crippen molar-refractivity contribution in [3.05, 3.63) is 90.6 Å². The van der Waals surface area contributed by atoms with Gasteiger partial charge in [-0.05, 0) is 24.5 Å². The van der Waals surface area contributed by atoms with Crippen LogP contribution in [0.4, 0.5) is 5.69 Å². The summed E-state index contributed by atoms with van der Waals surface area (Å²) < 4.78 is 46.0. The minimum Gasteiger partial charge on any atom is -0.471 e. The van der Waals surface area contributed by atoms with Gasteiger partial charge in [-0.3, -0.25) is 4.90 Å². The maximum Gasteiger partial charge on any atom is 0.337 e. The number of benzene rings is 1. The molecule has 21 nitrogen and oxygen atoms in total. The fourth-order valence-corrected chi connectivity index (χ4v) is 10.5. The Kier molecular flexibility index (Phi) is 13.6. The number of ether oxygens (including phenoxy) is 8. The Morgan fingerprint density at radius 2 is 1.31 bits per heavy atom. The number of rotatable bonds is 13. The van der Waals surface area contributed by atoms with Gasteiger partial charge in [0.15, 0.2) is 12.6 Å². The number of carbonyl (C=O) groups excluding carboxylic acids is 2. The Labute approximate surface area is 373 Å². The summed E-state index contributed by atoms with van der Waals surface area (Å²) in [6.07, 6.45) is -12.4. The molecule has 8 rings (SSSR count). The van der Waals surface area contributed by atoms with Crippen LogP contribution in [0.25, 0.3) is 0 Å². The van der Waals surface area contributed by atoms with E-state index in [4.69, 9.17) is 37.9 Å². The second-order valence-electron chi connectivity index (χ2n) is 17.1. The van der Waals surface area contributed by atoms with Gasteiger partial charge in [0, 0.05) is 47.8 Å². The maximum absolute atomic E-state index is 13.9. The van der Waals surface area contributed by atoms with Crippen LogP contribution < -0.4 is 4.90 Å². The number of methoxy groups -OCH3 is 2. The number of fused-ring (bicyclic) bond motifs is 3. The van der Waals surface area contributed by atoms with Crippen molar-refractivity contribution < 1.29 is 93.4 Å². The highest BCUT2D eigenvalue weighted by atomic mass is 16.8. The minimum atomic E-state index is -1.80. The third-order valence-corrected chi connectivity index (χ3v) is 13.8. The van der Waals surface area contributed by atoms with E-state index in [1.165, 1.54) is 26.4 Å². The Morgan fingerprint density at radius 3 is 1.86 bits per heavy atom. The van der Waals surface area contributed by atoms with Gasteiger partial charge in [0.1, 0.15) is 60.6 Å². The van der Waals surface area contributed by atoms with Crippen molar-refractivity contribution in [1.29, 1.82) is 0 Å². The second kappa shape index (κ2) is 18.8. The van der Waals surface area contributed by atoms with E-state index in [0.717, 1.165) is 12.5 Å². The van der Waals surface area contributed by atoms with Crippen LogP contribution in [0.3, 0.4) is 0 Å². The molecule has 0 aromatic heterocycles. The number of para-hydroxylation sites is 1.